The molecule has 0 saturated heterocycles. The van der Waals surface area contributed by atoms with E-state index in [1.54, 1.807) is 0 Å². The van der Waals surface area contributed by atoms with E-state index in [1.165, 1.54) is 4.90 Å². The Morgan fingerprint density at radius 3 is 2.94 bits per heavy atom. The van der Waals surface area contributed by atoms with Crippen LogP contribution in [0.15, 0.2) is 27.3 Å². The number of hydrogen-bond donors (Lipinski definition) is 2. The van der Waals surface area contributed by atoms with E-state index in [4.69, 9.17) is 0 Å². The van der Waals surface area contributed by atoms with E-state index >= 15 is 0 Å². The summed E-state index contributed by atoms with van der Waals surface area (Å²) in [5.74, 6) is 1.05. The highest BCUT2D eigenvalue weighted by Crippen LogP contribution is 2.29. The lowest BCUT2D eigenvalue weighted by Crippen LogP contribution is -2.15. The van der Waals surface area contributed by atoms with Crippen molar-refractivity contribution in [3.05, 3.63) is 28.1 Å². The molecule has 1 aromatic rings. The van der Waals surface area contributed by atoms with Crippen LogP contribution in [0.1, 0.15) is 19.5 Å². The summed E-state index contributed by atoms with van der Waals surface area (Å²) in [4.78, 5) is 5.71. The van der Waals surface area contributed by atoms with Gasteiger partial charge in [-0.2, -0.15) is 0 Å². The molecule has 3 nitrogen and oxygen atoms in total. The maximum absolute atomic E-state index is 4.50. The number of thioether (sulfide) groups is 1. The van der Waals surface area contributed by atoms with Gasteiger partial charge in [0.1, 0.15) is 5.69 Å². The fourth-order valence-electron chi connectivity index (χ4n) is 1.62. The van der Waals surface area contributed by atoms with Crippen molar-refractivity contribution >= 4 is 33.4 Å². The Labute approximate surface area is 108 Å². The van der Waals surface area contributed by atoms with Crippen LogP contribution < -0.4 is 10.6 Å². The Morgan fingerprint density at radius 1 is 1.50 bits per heavy atom. The highest BCUT2D eigenvalue weighted by Gasteiger charge is 2.16. The Kier molecular flexibility index (Phi) is 3.76. The number of nitrogens with one attached hydrogen (secondary N) is 2. The SMILES string of the molecule is CCSc1cc(Br)cnc1C1=C(C)NCN1. The van der Waals surface area contributed by atoms with Crippen LogP contribution in [0.25, 0.3) is 5.70 Å². The van der Waals surface area contributed by atoms with Crippen molar-refractivity contribution in [1.82, 2.24) is 15.6 Å². The van der Waals surface area contributed by atoms with Crippen LogP contribution in [0, 0.1) is 0 Å². The summed E-state index contributed by atoms with van der Waals surface area (Å²) in [6.07, 6.45) is 1.84. The van der Waals surface area contributed by atoms with Crippen molar-refractivity contribution in [3.63, 3.8) is 0 Å². The van der Waals surface area contributed by atoms with Gasteiger partial charge in [-0.05, 0) is 34.7 Å². The molecule has 1 aliphatic heterocycles. The minimum absolute atomic E-state index is 0.787. The average Bonchev–Trinajstić information content (AvgIpc) is 2.65. The van der Waals surface area contributed by atoms with Gasteiger partial charge in [0.15, 0.2) is 0 Å². The Morgan fingerprint density at radius 2 is 2.31 bits per heavy atom. The summed E-state index contributed by atoms with van der Waals surface area (Å²) < 4.78 is 1.02. The van der Waals surface area contributed by atoms with E-state index in [1.807, 2.05) is 18.0 Å². The highest BCUT2D eigenvalue weighted by molar-refractivity contribution is 9.10. The predicted molar refractivity (Wildman–Crippen MR) is 72.1 cm³/mol. The zero-order chi connectivity index (χ0) is 11.5. The van der Waals surface area contributed by atoms with Crippen LogP contribution in [-0.4, -0.2) is 17.4 Å². The number of halogens is 1. The molecule has 0 unspecified atom stereocenters. The molecule has 0 atom stereocenters. The molecular weight excluding hydrogens is 286 g/mol. The zero-order valence-electron chi connectivity index (χ0n) is 9.30. The fourth-order valence-corrected chi connectivity index (χ4v) is 2.92. The highest BCUT2D eigenvalue weighted by atomic mass is 79.9. The number of rotatable bonds is 3. The van der Waals surface area contributed by atoms with E-state index in [0.717, 1.165) is 34.0 Å². The minimum Gasteiger partial charge on any atom is -0.370 e. The van der Waals surface area contributed by atoms with Crippen LogP contribution in [0.2, 0.25) is 0 Å². The van der Waals surface area contributed by atoms with E-state index in [-0.39, 0.29) is 0 Å². The monoisotopic (exact) mass is 299 g/mol. The minimum atomic E-state index is 0.787. The molecule has 5 heteroatoms. The third kappa shape index (κ3) is 2.35. The normalized spacial score (nSPS) is 14.9. The first-order valence-electron chi connectivity index (χ1n) is 5.19. The molecule has 0 amide bonds. The number of nitrogens with zero attached hydrogens (tertiary/aromatic N) is 1. The predicted octanol–water partition coefficient (Wildman–Crippen LogP) is 2.79. The van der Waals surface area contributed by atoms with Crippen molar-refractivity contribution in [2.24, 2.45) is 0 Å². The summed E-state index contributed by atoms with van der Waals surface area (Å²) in [5, 5.41) is 6.58. The second-order valence-electron chi connectivity index (χ2n) is 3.46. The van der Waals surface area contributed by atoms with E-state index < -0.39 is 0 Å². The first-order chi connectivity index (χ1) is 7.72. The molecule has 0 radical (unpaired) electrons. The van der Waals surface area contributed by atoms with Gasteiger partial charge in [0.2, 0.25) is 0 Å². The first-order valence-corrected chi connectivity index (χ1v) is 6.97. The molecule has 0 saturated carbocycles. The van der Waals surface area contributed by atoms with Crippen LogP contribution >= 0.6 is 27.7 Å². The molecule has 86 valence electrons. The molecule has 0 aliphatic carbocycles. The van der Waals surface area contributed by atoms with Crippen molar-refractivity contribution in [1.29, 1.82) is 0 Å². The van der Waals surface area contributed by atoms with Crippen molar-refractivity contribution < 1.29 is 0 Å². The molecule has 0 bridgehead atoms. The second kappa shape index (κ2) is 5.10. The molecular formula is C11H14BrN3S. The maximum atomic E-state index is 4.50. The summed E-state index contributed by atoms with van der Waals surface area (Å²) in [6.45, 7) is 5.01. The molecule has 2 rings (SSSR count). The maximum Gasteiger partial charge on any atom is 0.102 e. The third-order valence-corrected chi connectivity index (χ3v) is 3.69. The van der Waals surface area contributed by atoms with E-state index in [0.29, 0.717) is 0 Å². The molecule has 0 spiro atoms. The van der Waals surface area contributed by atoms with Crippen LogP contribution in [-0.2, 0) is 0 Å². The summed E-state index contributed by atoms with van der Waals surface area (Å²) in [5.41, 5.74) is 3.31. The van der Waals surface area contributed by atoms with Gasteiger partial charge in [0.25, 0.3) is 0 Å². The average molecular weight is 300 g/mol. The molecule has 2 N–H and O–H groups in total. The Hall–Kier alpha value is -0.680. The van der Waals surface area contributed by atoms with Crippen LogP contribution in [0.4, 0.5) is 0 Å². The lowest BCUT2D eigenvalue weighted by Gasteiger charge is -2.09. The standard InChI is InChI=1S/C11H14BrN3S/c1-3-16-9-4-8(12)5-13-11(9)10-7(2)14-6-15-10/h4-5,14-15H,3,6H2,1-2H3. The Balaban J connectivity index is 2.43. The van der Waals surface area contributed by atoms with Gasteiger partial charge in [-0.15, -0.1) is 11.8 Å². The van der Waals surface area contributed by atoms with Gasteiger partial charge in [0.05, 0.1) is 12.4 Å². The third-order valence-electron chi connectivity index (χ3n) is 2.35. The van der Waals surface area contributed by atoms with Crippen molar-refractivity contribution in [2.75, 3.05) is 12.4 Å². The number of hydrogen-bond acceptors (Lipinski definition) is 4. The number of allylic oxidation sites excluding steroid dienone is 1. The molecule has 0 aromatic carbocycles. The molecule has 1 aliphatic rings. The van der Waals surface area contributed by atoms with Crippen LogP contribution in [0.5, 0.6) is 0 Å². The van der Waals surface area contributed by atoms with E-state index in [2.05, 4.69) is 51.5 Å². The van der Waals surface area contributed by atoms with Gasteiger partial charge in [-0.25, -0.2) is 0 Å². The number of pyridine rings is 1. The van der Waals surface area contributed by atoms with E-state index in [9.17, 15) is 0 Å². The van der Waals surface area contributed by atoms with Crippen molar-refractivity contribution in [2.45, 2.75) is 18.7 Å². The Bertz CT molecular complexity index is 431. The van der Waals surface area contributed by atoms with Crippen molar-refractivity contribution in [3.8, 4) is 0 Å². The van der Waals surface area contributed by atoms with Gasteiger partial charge < -0.3 is 10.6 Å². The summed E-state index contributed by atoms with van der Waals surface area (Å²) >= 11 is 5.27. The van der Waals surface area contributed by atoms with Crippen LogP contribution in [0.3, 0.4) is 0 Å². The topological polar surface area (TPSA) is 37.0 Å². The number of aromatic nitrogens is 1. The van der Waals surface area contributed by atoms with Gasteiger partial charge >= 0.3 is 0 Å². The van der Waals surface area contributed by atoms with Gasteiger partial charge in [-0.1, -0.05) is 6.92 Å². The van der Waals surface area contributed by atoms with Gasteiger partial charge in [-0.3, -0.25) is 4.98 Å². The molecule has 16 heavy (non-hydrogen) atoms. The first kappa shape index (κ1) is 11.8. The molecule has 2 heterocycles. The van der Waals surface area contributed by atoms with Gasteiger partial charge in [0, 0.05) is 21.3 Å². The lowest BCUT2D eigenvalue weighted by molar-refractivity contribution is 0.815. The second-order valence-corrected chi connectivity index (χ2v) is 5.69. The molecule has 1 aromatic heterocycles. The molecule has 0 fully saturated rings. The summed E-state index contributed by atoms with van der Waals surface area (Å²) in [6, 6.07) is 2.12. The fraction of sp³-hybridized carbons (Fsp3) is 0.364. The zero-order valence-corrected chi connectivity index (χ0v) is 11.7. The largest absolute Gasteiger partial charge is 0.370 e. The smallest absolute Gasteiger partial charge is 0.102 e. The summed E-state index contributed by atoms with van der Waals surface area (Å²) in [7, 11) is 0. The quantitative estimate of drug-likeness (QED) is 0.842. The lowest BCUT2D eigenvalue weighted by atomic mass is 10.2.